The summed E-state index contributed by atoms with van der Waals surface area (Å²) in [6, 6.07) is 14.1. The predicted molar refractivity (Wildman–Crippen MR) is 73.4 cm³/mol. The van der Waals surface area contributed by atoms with E-state index in [1.165, 1.54) is 0 Å². The van der Waals surface area contributed by atoms with Crippen LogP contribution in [0.3, 0.4) is 0 Å². The molecule has 1 N–H and O–H groups in total. The van der Waals surface area contributed by atoms with E-state index in [-0.39, 0.29) is 0 Å². The molecule has 0 aliphatic rings. The van der Waals surface area contributed by atoms with Gasteiger partial charge in [-0.3, -0.25) is 4.98 Å². The number of carboxylic acid groups (broad SMARTS) is 1. The second-order valence-electron chi connectivity index (χ2n) is 3.83. The molecule has 0 bridgehead atoms. The molecule has 0 radical (unpaired) electrons. The molecule has 0 unspecified atom stereocenters. The van der Waals surface area contributed by atoms with Crippen LogP contribution in [0.4, 0.5) is 10.5 Å². The van der Waals surface area contributed by atoms with Crippen molar-refractivity contribution in [2.24, 2.45) is 5.10 Å². The summed E-state index contributed by atoms with van der Waals surface area (Å²) in [7, 11) is 0. The van der Waals surface area contributed by atoms with Crippen LogP contribution in [0.25, 0.3) is 0 Å². The average Bonchev–Trinajstić information content (AvgIpc) is 2.46. The topological polar surface area (TPSA) is 65.8 Å². The summed E-state index contributed by atoms with van der Waals surface area (Å²) in [5, 5.41) is 14.3. The largest absolute Gasteiger partial charge is 0.463 e. The first-order valence-corrected chi connectivity index (χ1v) is 5.73. The second-order valence-corrected chi connectivity index (χ2v) is 3.83. The van der Waals surface area contributed by atoms with Gasteiger partial charge in [-0.05, 0) is 31.2 Å². The number of pyridine rings is 1. The summed E-state index contributed by atoms with van der Waals surface area (Å²) in [6.45, 7) is 1.72. The van der Waals surface area contributed by atoms with Crippen LogP contribution in [0.5, 0.6) is 0 Å². The number of hydrogen-bond acceptors (Lipinski definition) is 3. The number of para-hydroxylation sites is 1. The summed E-state index contributed by atoms with van der Waals surface area (Å²) in [4.78, 5) is 15.4. The minimum Gasteiger partial charge on any atom is -0.463 e. The van der Waals surface area contributed by atoms with Gasteiger partial charge in [0.1, 0.15) is 0 Å². The maximum absolute atomic E-state index is 11.3. The molecule has 1 aromatic carbocycles. The Morgan fingerprint density at radius 2 is 1.84 bits per heavy atom. The monoisotopic (exact) mass is 255 g/mol. The van der Waals surface area contributed by atoms with Gasteiger partial charge >= 0.3 is 6.09 Å². The highest BCUT2D eigenvalue weighted by Gasteiger charge is 2.13. The third-order valence-corrected chi connectivity index (χ3v) is 2.47. The first-order valence-electron chi connectivity index (χ1n) is 5.73. The van der Waals surface area contributed by atoms with Crippen molar-refractivity contribution < 1.29 is 9.90 Å². The second kappa shape index (κ2) is 5.77. The lowest BCUT2D eigenvalue weighted by Gasteiger charge is -2.14. The average molecular weight is 255 g/mol. The Hall–Kier alpha value is -2.69. The predicted octanol–water partition coefficient (Wildman–Crippen LogP) is 2.99. The van der Waals surface area contributed by atoms with Crippen LogP contribution in [-0.4, -0.2) is 21.9 Å². The van der Waals surface area contributed by atoms with Gasteiger partial charge in [0.25, 0.3) is 0 Å². The van der Waals surface area contributed by atoms with Crippen LogP contribution < -0.4 is 5.01 Å². The number of anilines is 1. The Kier molecular flexibility index (Phi) is 3.87. The van der Waals surface area contributed by atoms with Gasteiger partial charge in [-0.25, -0.2) is 4.79 Å². The van der Waals surface area contributed by atoms with Crippen molar-refractivity contribution in [3.05, 3.63) is 60.4 Å². The third kappa shape index (κ3) is 3.16. The molecular weight excluding hydrogens is 242 g/mol. The SMILES string of the molecule is CC(=NN(C(=O)O)c1ccccc1)c1ccccn1. The number of nitrogens with zero attached hydrogens (tertiary/aromatic N) is 3. The molecule has 0 saturated carbocycles. The fourth-order valence-electron chi connectivity index (χ4n) is 1.56. The fourth-order valence-corrected chi connectivity index (χ4v) is 1.56. The van der Waals surface area contributed by atoms with Crippen LogP contribution in [0.2, 0.25) is 0 Å². The molecule has 5 nitrogen and oxygen atoms in total. The highest BCUT2D eigenvalue weighted by atomic mass is 16.4. The van der Waals surface area contributed by atoms with Gasteiger partial charge in [0, 0.05) is 6.20 Å². The van der Waals surface area contributed by atoms with E-state index in [1.807, 2.05) is 12.1 Å². The van der Waals surface area contributed by atoms with Gasteiger partial charge in [0.05, 0.1) is 17.1 Å². The Labute approximate surface area is 110 Å². The van der Waals surface area contributed by atoms with E-state index in [9.17, 15) is 9.90 Å². The summed E-state index contributed by atoms with van der Waals surface area (Å²) in [6.07, 6.45) is 0.503. The maximum atomic E-state index is 11.3. The third-order valence-electron chi connectivity index (χ3n) is 2.47. The van der Waals surface area contributed by atoms with Crippen LogP contribution in [0.15, 0.2) is 59.8 Å². The molecule has 2 aromatic rings. The Balaban J connectivity index is 2.34. The number of carbonyl (C=O) groups is 1. The molecule has 0 saturated heterocycles. The fraction of sp³-hybridized carbons (Fsp3) is 0.0714. The van der Waals surface area contributed by atoms with Crippen molar-refractivity contribution in [1.82, 2.24) is 4.98 Å². The molecular formula is C14H13N3O2. The van der Waals surface area contributed by atoms with E-state index in [0.29, 0.717) is 17.1 Å². The summed E-state index contributed by atoms with van der Waals surface area (Å²) < 4.78 is 0. The molecule has 5 heteroatoms. The molecule has 0 fully saturated rings. The summed E-state index contributed by atoms with van der Waals surface area (Å²) >= 11 is 0. The molecule has 0 atom stereocenters. The smallest absolute Gasteiger partial charge is 0.432 e. The molecule has 0 aliphatic heterocycles. The van der Waals surface area contributed by atoms with Crippen molar-refractivity contribution in [1.29, 1.82) is 0 Å². The van der Waals surface area contributed by atoms with E-state index in [2.05, 4.69) is 10.1 Å². The van der Waals surface area contributed by atoms with Crippen molar-refractivity contribution in [2.45, 2.75) is 6.92 Å². The van der Waals surface area contributed by atoms with Gasteiger partial charge in [-0.1, -0.05) is 24.3 Å². The first-order chi connectivity index (χ1) is 9.18. The standard InChI is InChI=1S/C14H13N3O2/c1-11(13-9-5-6-10-15-13)16-17(14(18)19)12-7-3-2-4-8-12/h2-10H,1H3,(H,18,19). The van der Waals surface area contributed by atoms with Crippen LogP contribution in [0.1, 0.15) is 12.6 Å². The number of rotatable bonds is 3. The Bertz CT molecular complexity index is 582. The molecule has 2 rings (SSSR count). The number of aromatic nitrogens is 1. The normalized spacial score (nSPS) is 11.1. The highest BCUT2D eigenvalue weighted by molar-refractivity contribution is 5.99. The quantitative estimate of drug-likeness (QED) is 0.677. The van der Waals surface area contributed by atoms with Crippen molar-refractivity contribution in [3.63, 3.8) is 0 Å². The van der Waals surface area contributed by atoms with E-state index in [4.69, 9.17) is 0 Å². The van der Waals surface area contributed by atoms with Crippen LogP contribution in [-0.2, 0) is 0 Å². The lowest BCUT2D eigenvalue weighted by molar-refractivity contribution is 0.202. The van der Waals surface area contributed by atoms with Gasteiger partial charge in [-0.2, -0.15) is 10.1 Å². The summed E-state index contributed by atoms with van der Waals surface area (Å²) in [5.41, 5.74) is 1.67. The zero-order valence-corrected chi connectivity index (χ0v) is 10.4. The van der Waals surface area contributed by atoms with Crippen LogP contribution >= 0.6 is 0 Å². The molecule has 1 aromatic heterocycles. The van der Waals surface area contributed by atoms with Gasteiger partial charge in [0.15, 0.2) is 0 Å². The lowest BCUT2D eigenvalue weighted by atomic mass is 10.2. The lowest BCUT2D eigenvalue weighted by Crippen LogP contribution is -2.24. The maximum Gasteiger partial charge on any atom is 0.432 e. The summed E-state index contributed by atoms with van der Waals surface area (Å²) in [5.74, 6) is 0. The molecule has 19 heavy (non-hydrogen) atoms. The Morgan fingerprint density at radius 1 is 1.16 bits per heavy atom. The van der Waals surface area contributed by atoms with Crippen LogP contribution in [0, 0.1) is 0 Å². The minimum atomic E-state index is -1.14. The van der Waals surface area contributed by atoms with Crippen molar-refractivity contribution in [2.75, 3.05) is 5.01 Å². The highest BCUT2D eigenvalue weighted by Crippen LogP contribution is 2.14. The molecule has 0 spiro atoms. The van der Waals surface area contributed by atoms with Gasteiger partial charge in [0.2, 0.25) is 0 Å². The number of hydrogen-bond donors (Lipinski definition) is 1. The van der Waals surface area contributed by atoms with Crippen molar-refractivity contribution >= 4 is 17.5 Å². The van der Waals surface area contributed by atoms with E-state index in [0.717, 1.165) is 5.01 Å². The number of benzene rings is 1. The molecule has 0 aliphatic carbocycles. The Morgan fingerprint density at radius 3 is 2.42 bits per heavy atom. The molecule has 96 valence electrons. The van der Waals surface area contributed by atoms with E-state index >= 15 is 0 Å². The first kappa shape index (κ1) is 12.8. The zero-order chi connectivity index (χ0) is 13.7. The van der Waals surface area contributed by atoms with Crippen molar-refractivity contribution in [3.8, 4) is 0 Å². The molecule has 1 amide bonds. The van der Waals surface area contributed by atoms with E-state index in [1.54, 1.807) is 49.5 Å². The van der Waals surface area contributed by atoms with E-state index < -0.39 is 6.09 Å². The number of amides is 1. The minimum absolute atomic E-state index is 0.491. The molecule has 1 heterocycles. The van der Waals surface area contributed by atoms with Gasteiger partial charge in [-0.15, -0.1) is 0 Å². The van der Waals surface area contributed by atoms with Gasteiger partial charge < -0.3 is 5.11 Å². The zero-order valence-electron chi connectivity index (χ0n) is 10.4. The number of hydrazone groups is 1.